The van der Waals surface area contributed by atoms with Crippen molar-refractivity contribution >= 4 is 34.1 Å². The molecule has 3 N–H and O–H groups in total. The van der Waals surface area contributed by atoms with Gasteiger partial charge in [0.15, 0.2) is 0 Å². The minimum Gasteiger partial charge on any atom is -0.368 e. The summed E-state index contributed by atoms with van der Waals surface area (Å²) in [6, 6.07) is 26.3. The molecule has 0 saturated carbocycles. The number of rotatable bonds is 5. The Bertz CT molecular complexity index is 1670. The van der Waals surface area contributed by atoms with E-state index in [1.807, 2.05) is 85.8 Å². The second-order valence-corrected chi connectivity index (χ2v) is 8.73. The van der Waals surface area contributed by atoms with E-state index in [0.717, 1.165) is 22.2 Å². The molecule has 0 saturated heterocycles. The third-order valence-corrected chi connectivity index (χ3v) is 6.22. The highest BCUT2D eigenvalue weighted by molar-refractivity contribution is 6.30. The van der Waals surface area contributed by atoms with Crippen LogP contribution in [0.15, 0.2) is 89.9 Å². The Morgan fingerprint density at radius 2 is 1.81 bits per heavy atom. The van der Waals surface area contributed by atoms with Gasteiger partial charge in [0.25, 0.3) is 5.56 Å². The second-order valence-electron chi connectivity index (χ2n) is 8.29. The van der Waals surface area contributed by atoms with E-state index in [1.165, 1.54) is 6.20 Å². The molecule has 1 atom stereocenters. The molecule has 2 heterocycles. The molecule has 0 radical (unpaired) electrons. The van der Waals surface area contributed by atoms with Crippen molar-refractivity contribution in [2.24, 2.45) is 0 Å². The van der Waals surface area contributed by atoms with Crippen molar-refractivity contribution in [2.45, 2.75) is 13.0 Å². The van der Waals surface area contributed by atoms with Gasteiger partial charge >= 0.3 is 0 Å². The first kappa shape index (κ1) is 23.1. The summed E-state index contributed by atoms with van der Waals surface area (Å²) in [5.74, 6) is 0.356. The van der Waals surface area contributed by atoms with Crippen molar-refractivity contribution in [3.63, 3.8) is 0 Å². The molecule has 0 aliphatic heterocycles. The van der Waals surface area contributed by atoms with Crippen LogP contribution < -0.4 is 16.6 Å². The number of nitriles is 1. The van der Waals surface area contributed by atoms with Crippen LogP contribution in [-0.2, 0) is 0 Å². The predicted molar refractivity (Wildman–Crippen MR) is 143 cm³/mol. The van der Waals surface area contributed by atoms with Gasteiger partial charge in [-0.15, -0.1) is 0 Å². The Labute approximate surface area is 212 Å². The number of nitrogens with one attached hydrogen (secondary N) is 1. The van der Waals surface area contributed by atoms with Crippen molar-refractivity contribution < 1.29 is 0 Å². The lowest BCUT2D eigenvalue weighted by Gasteiger charge is -2.22. The molecule has 176 valence electrons. The van der Waals surface area contributed by atoms with E-state index in [0.29, 0.717) is 21.9 Å². The summed E-state index contributed by atoms with van der Waals surface area (Å²) >= 11 is 6.10. The highest BCUT2D eigenvalue weighted by atomic mass is 35.5. The largest absolute Gasteiger partial charge is 0.368 e. The number of halogens is 1. The second kappa shape index (κ2) is 9.53. The number of fused-ring (bicyclic) bond motifs is 1. The van der Waals surface area contributed by atoms with Gasteiger partial charge in [-0.3, -0.25) is 9.36 Å². The number of nitrogens with two attached hydrogens (primary N) is 1. The van der Waals surface area contributed by atoms with Gasteiger partial charge in [-0.1, -0.05) is 60.1 Å². The molecule has 1 unspecified atom stereocenters. The van der Waals surface area contributed by atoms with Gasteiger partial charge in [0.2, 0.25) is 5.95 Å². The normalized spacial score (nSPS) is 11.7. The van der Waals surface area contributed by atoms with Gasteiger partial charge in [-0.05, 0) is 53.8 Å². The molecule has 3 aromatic carbocycles. The Kier molecular flexibility index (Phi) is 6.11. The molecule has 0 fully saturated rings. The molecule has 5 aromatic rings. The van der Waals surface area contributed by atoms with Crippen LogP contribution in [0.3, 0.4) is 0 Å². The standard InChI is InChI=1S/C28H21ClN6O/c1-17(33-26-20(15-30)16-32-28(31)34-26)24-14-19-6-5-9-23(18-10-12-21(29)13-11-18)25(19)27(36)35(24)22-7-3-2-4-8-22/h2-14,16-17H,1H3,(H3,31,32,33,34). The molecular weight excluding hydrogens is 472 g/mol. The van der Waals surface area contributed by atoms with Crippen LogP contribution in [0, 0.1) is 11.3 Å². The van der Waals surface area contributed by atoms with Crippen LogP contribution in [0.5, 0.6) is 0 Å². The van der Waals surface area contributed by atoms with E-state index in [4.69, 9.17) is 17.3 Å². The number of pyridine rings is 1. The van der Waals surface area contributed by atoms with Crippen LogP contribution >= 0.6 is 11.6 Å². The van der Waals surface area contributed by atoms with Crippen molar-refractivity contribution in [1.82, 2.24) is 14.5 Å². The van der Waals surface area contributed by atoms with Crippen molar-refractivity contribution in [3.05, 3.63) is 112 Å². The molecule has 2 aromatic heterocycles. The van der Waals surface area contributed by atoms with Crippen LogP contribution in [0.1, 0.15) is 24.2 Å². The fourth-order valence-corrected chi connectivity index (χ4v) is 4.41. The molecule has 0 aliphatic rings. The van der Waals surface area contributed by atoms with E-state index in [2.05, 4.69) is 21.4 Å². The van der Waals surface area contributed by atoms with Gasteiger partial charge in [-0.25, -0.2) is 4.98 Å². The highest BCUT2D eigenvalue weighted by Gasteiger charge is 2.20. The lowest BCUT2D eigenvalue weighted by Crippen LogP contribution is -2.26. The van der Waals surface area contributed by atoms with E-state index in [-0.39, 0.29) is 17.1 Å². The molecule has 5 rings (SSSR count). The monoisotopic (exact) mass is 492 g/mol. The molecule has 36 heavy (non-hydrogen) atoms. The maximum atomic E-state index is 14.2. The van der Waals surface area contributed by atoms with Gasteiger partial charge in [-0.2, -0.15) is 10.2 Å². The molecule has 0 amide bonds. The number of anilines is 2. The molecular formula is C28H21ClN6O. The minimum atomic E-state index is -0.400. The third-order valence-electron chi connectivity index (χ3n) is 5.97. The number of aromatic nitrogens is 3. The van der Waals surface area contributed by atoms with Crippen LogP contribution in [0.2, 0.25) is 5.02 Å². The van der Waals surface area contributed by atoms with Gasteiger partial charge in [0.05, 0.1) is 17.6 Å². The maximum absolute atomic E-state index is 14.2. The summed E-state index contributed by atoms with van der Waals surface area (Å²) in [5, 5.41) is 14.8. The first-order valence-electron chi connectivity index (χ1n) is 11.3. The molecule has 0 bridgehead atoms. The fraction of sp³-hybridized carbons (Fsp3) is 0.0714. The maximum Gasteiger partial charge on any atom is 0.263 e. The van der Waals surface area contributed by atoms with Gasteiger partial charge in [0.1, 0.15) is 17.5 Å². The first-order chi connectivity index (χ1) is 17.5. The number of para-hydroxylation sites is 1. The topological polar surface area (TPSA) is 110 Å². The van der Waals surface area contributed by atoms with E-state index in [1.54, 1.807) is 4.57 Å². The number of nitrogens with zero attached hydrogens (tertiary/aromatic N) is 4. The molecule has 8 heteroatoms. The summed E-state index contributed by atoms with van der Waals surface area (Å²) in [6.45, 7) is 1.91. The number of hydrogen-bond donors (Lipinski definition) is 2. The van der Waals surface area contributed by atoms with Gasteiger partial charge in [0, 0.05) is 16.4 Å². The summed E-state index contributed by atoms with van der Waals surface area (Å²) in [5.41, 5.74) is 9.01. The lowest BCUT2D eigenvalue weighted by molar-refractivity contribution is 0.772. The predicted octanol–water partition coefficient (Wildman–Crippen LogP) is 5.73. The average Bonchev–Trinajstić information content (AvgIpc) is 2.89. The molecule has 0 aliphatic carbocycles. The zero-order chi connectivity index (χ0) is 25.2. The fourth-order valence-electron chi connectivity index (χ4n) is 4.28. The van der Waals surface area contributed by atoms with Gasteiger partial charge < -0.3 is 11.1 Å². The zero-order valence-electron chi connectivity index (χ0n) is 19.3. The molecule has 0 spiro atoms. The summed E-state index contributed by atoms with van der Waals surface area (Å²) in [6.07, 6.45) is 1.38. The average molecular weight is 493 g/mol. The highest BCUT2D eigenvalue weighted by Crippen LogP contribution is 2.31. The number of benzene rings is 3. The third kappa shape index (κ3) is 4.26. The van der Waals surface area contributed by atoms with E-state index >= 15 is 0 Å². The SMILES string of the molecule is CC(Nc1nc(N)ncc1C#N)c1cc2cccc(-c3ccc(Cl)cc3)c2c(=O)n1-c1ccccc1. The number of nitrogen functional groups attached to an aromatic ring is 1. The quantitative estimate of drug-likeness (QED) is 0.324. The van der Waals surface area contributed by atoms with Crippen LogP contribution in [-0.4, -0.2) is 14.5 Å². The van der Waals surface area contributed by atoms with Crippen LogP contribution in [0.25, 0.3) is 27.6 Å². The van der Waals surface area contributed by atoms with Crippen molar-refractivity contribution in [2.75, 3.05) is 11.1 Å². The smallest absolute Gasteiger partial charge is 0.263 e. The van der Waals surface area contributed by atoms with Crippen molar-refractivity contribution in [1.29, 1.82) is 5.26 Å². The molecule has 7 nitrogen and oxygen atoms in total. The lowest BCUT2D eigenvalue weighted by atomic mass is 9.98. The summed E-state index contributed by atoms with van der Waals surface area (Å²) in [7, 11) is 0. The summed E-state index contributed by atoms with van der Waals surface area (Å²) < 4.78 is 1.69. The number of hydrogen-bond acceptors (Lipinski definition) is 6. The Morgan fingerprint density at radius 1 is 1.06 bits per heavy atom. The Hall–Kier alpha value is -4.67. The Balaban J connectivity index is 1.74. The zero-order valence-corrected chi connectivity index (χ0v) is 20.1. The van der Waals surface area contributed by atoms with E-state index in [9.17, 15) is 10.1 Å². The Morgan fingerprint density at radius 3 is 2.53 bits per heavy atom. The van der Waals surface area contributed by atoms with E-state index < -0.39 is 6.04 Å². The minimum absolute atomic E-state index is 0.0512. The van der Waals surface area contributed by atoms with Crippen molar-refractivity contribution in [3.8, 4) is 22.9 Å². The van der Waals surface area contributed by atoms with Crippen LogP contribution in [0.4, 0.5) is 11.8 Å². The summed E-state index contributed by atoms with van der Waals surface area (Å²) in [4.78, 5) is 22.2. The first-order valence-corrected chi connectivity index (χ1v) is 11.6.